The van der Waals surface area contributed by atoms with E-state index in [1.165, 1.54) is 0 Å². The molecule has 1 aliphatic rings. The molecule has 0 spiro atoms. The smallest absolute Gasteiger partial charge is 0.174 e. The molecule has 166 valence electrons. The van der Waals surface area contributed by atoms with E-state index < -0.39 is 0 Å². The Balaban J connectivity index is 1.55. The zero-order valence-electron chi connectivity index (χ0n) is 18.6. The van der Waals surface area contributed by atoms with Gasteiger partial charge < -0.3 is 19.5 Å². The number of aromatic nitrogens is 2. The first-order valence-corrected chi connectivity index (χ1v) is 11.5. The van der Waals surface area contributed by atoms with Gasteiger partial charge in [0.15, 0.2) is 5.11 Å². The largest absolute Gasteiger partial charge is 0.491 e. The number of nitrogens with zero attached hydrogens (tertiary/aromatic N) is 3. The minimum Gasteiger partial charge on any atom is -0.491 e. The van der Waals surface area contributed by atoms with Crippen molar-refractivity contribution in [2.75, 3.05) is 4.90 Å². The molecule has 1 fully saturated rings. The second-order valence-electron chi connectivity index (χ2n) is 8.34. The van der Waals surface area contributed by atoms with Crippen molar-refractivity contribution < 1.29 is 4.74 Å². The van der Waals surface area contributed by atoms with Gasteiger partial charge in [0, 0.05) is 30.0 Å². The maximum Gasteiger partial charge on any atom is 0.174 e. The van der Waals surface area contributed by atoms with Gasteiger partial charge in [-0.1, -0.05) is 24.3 Å². The van der Waals surface area contributed by atoms with Crippen molar-refractivity contribution in [1.82, 2.24) is 14.9 Å². The van der Waals surface area contributed by atoms with E-state index in [1.54, 1.807) is 0 Å². The quantitative estimate of drug-likeness (QED) is 0.371. The van der Waals surface area contributed by atoms with Crippen molar-refractivity contribution in [2.24, 2.45) is 0 Å². The van der Waals surface area contributed by atoms with Gasteiger partial charge in [0.05, 0.1) is 23.9 Å². The van der Waals surface area contributed by atoms with Crippen LogP contribution in [0.3, 0.4) is 0 Å². The van der Waals surface area contributed by atoms with Crippen LogP contribution in [0.25, 0.3) is 5.69 Å². The lowest BCUT2D eigenvalue weighted by Gasteiger charge is -2.27. The third-order valence-corrected chi connectivity index (χ3v) is 6.01. The van der Waals surface area contributed by atoms with E-state index in [2.05, 4.69) is 62.5 Å². The molecule has 5 nitrogen and oxygen atoms in total. The summed E-state index contributed by atoms with van der Waals surface area (Å²) in [6.07, 6.45) is 6.23. The molecule has 2 atom stereocenters. The number of anilines is 1. The summed E-state index contributed by atoms with van der Waals surface area (Å²) in [5, 5.41) is 4.20. The summed E-state index contributed by atoms with van der Waals surface area (Å²) >= 11 is 5.83. The second-order valence-corrected chi connectivity index (χ2v) is 8.73. The first-order chi connectivity index (χ1) is 16.1. The highest BCUT2D eigenvalue weighted by atomic mass is 32.1. The van der Waals surface area contributed by atoms with Gasteiger partial charge in [-0.2, -0.15) is 0 Å². The monoisotopic (exact) mass is 454 g/mol. The molecule has 2 aromatic heterocycles. The van der Waals surface area contributed by atoms with Gasteiger partial charge >= 0.3 is 0 Å². The predicted molar refractivity (Wildman–Crippen MR) is 136 cm³/mol. The molecule has 2 aromatic carbocycles. The molecule has 1 aliphatic heterocycles. The number of hydrogen-bond acceptors (Lipinski definition) is 3. The topological polar surface area (TPSA) is 42.3 Å². The van der Waals surface area contributed by atoms with Gasteiger partial charge in [-0.05, 0) is 86.2 Å². The van der Waals surface area contributed by atoms with Crippen LogP contribution in [0.2, 0.25) is 0 Å². The molecule has 0 aliphatic carbocycles. The van der Waals surface area contributed by atoms with Gasteiger partial charge in [0.2, 0.25) is 0 Å². The molecule has 5 rings (SSSR count). The van der Waals surface area contributed by atoms with Gasteiger partial charge in [0.25, 0.3) is 0 Å². The van der Waals surface area contributed by atoms with E-state index in [1.807, 2.05) is 68.6 Å². The molecule has 0 bridgehead atoms. The summed E-state index contributed by atoms with van der Waals surface area (Å²) < 4.78 is 7.98. The number of thiocarbonyl (C=S) groups is 1. The molecule has 0 unspecified atom stereocenters. The van der Waals surface area contributed by atoms with Crippen molar-refractivity contribution in [3.8, 4) is 11.4 Å². The van der Waals surface area contributed by atoms with Gasteiger partial charge in [-0.15, -0.1) is 0 Å². The third-order valence-electron chi connectivity index (χ3n) is 5.70. The predicted octanol–water partition coefficient (Wildman–Crippen LogP) is 5.84. The minimum atomic E-state index is -0.0723. The molecule has 3 heterocycles. The molecular weight excluding hydrogens is 428 g/mol. The van der Waals surface area contributed by atoms with E-state index in [-0.39, 0.29) is 18.2 Å². The van der Waals surface area contributed by atoms with Crippen molar-refractivity contribution in [2.45, 2.75) is 32.0 Å². The molecular formula is C27H26N4OS. The highest BCUT2D eigenvalue weighted by molar-refractivity contribution is 7.80. The Kier molecular flexibility index (Phi) is 5.84. The van der Waals surface area contributed by atoms with Gasteiger partial charge in [-0.25, -0.2) is 0 Å². The summed E-state index contributed by atoms with van der Waals surface area (Å²) in [7, 11) is 0. The van der Waals surface area contributed by atoms with Crippen LogP contribution in [0.5, 0.6) is 5.75 Å². The Hall–Kier alpha value is -3.64. The molecule has 1 saturated heterocycles. The fourth-order valence-electron chi connectivity index (χ4n) is 4.28. The molecule has 4 aromatic rings. The lowest BCUT2D eigenvalue weighted by molar-refractivity contribution is 0.242. The Labute approximate surface area is 199 Å². The Morgan fingerprint density at radius 1 is 0.909 bits per heavy atom. The van der Waals surface area contributed by atoms with Gasteiger partial charge in [0.1, 0.15) is 5.75 Å². The van der Waals surface area contributed by atoms with Crippen molar-refractivity contribution in [3.05, 3.63) is 109 Å². The minimum absolute atomic E-state index is 0.0470. The molecule has 33 heavy (non-hydrogen) atoms. The van der Waals surface area contributed by atoms with Crippen LogP contribution in [0.15, 0.2) is 97.5 Å². The molecule has 0 amide bonds. The maximum absolute atomic E-state index is 5.83. The lowest BCUT2D eigenvalue weighted by Crippen LogP contribution is -2.29. The van der Waals surface area contributed by atoms with Crippen molar-refractivity contribution >= 4 is 23.0 Å². The fraction of sp³-hybridized carbons (Fsp3) is 0.185. The Morgan fingerprint density at radius 3 is 2.36 bits per heavy atom. The number of benzene rings is 2. The molecule has 0 saturated carbocycles. The first kappa shape index (κ1) is 21.2. The summed E-state index contributed by atoms with van der Waals surface area (Å²) in [5.41, 5.74) is 4.25. The number of ether oxygens (including phenoxy) is 1. The average Bonchev–Trinajstić information content (AvgIpc) is 3.45. The van der Waals surface area contributed by atoms with E-state index in [0.29, 0.717) is 5.11 Å². The highest BCUT2D eigenvalue weighted by Crippen LogP contribution is 2.42. The Bertz CT molecular complexity index is 1220. The number of rotatable bonds is 6. The van der Waals surface area contributed by atoms with Gasteiger partial charge in [-0.3, -0.25) is 4.98 Å². The van der Waals surface area contributed by atoms with Crippen LogP contribution in [0.4, 0.5) is 5.69 Å². The van der Waals surface area contributed by atoms with E-state index in [0.717, 1.165) is 28.4 Å². The summed E-state index contributed by atoms with van der Waals surface area (Å²) in [6.45, 7) is 4.05. The molecule has 1 N–H and O–H groups in total. The summed E-state index contributed by atoms with van der Waals surface area (Å²) in [4.78, 5) is 6.81. The summed E-state index contributed by atoms with van der Waals surface area (Å²) in [6, 6.07) is 26.5. The van der Waals surface area contributed by atoms with Crippen LogP contribution in [-0.2, 0) is 0 Å². The standard InChI is InChI=1S/C27H26N4OS/c1-19(2)32-23-13-11-22(12-14-23)31-26(25(29-27(31)33)24-10-6-7-16-28-24)20-15-17-30(18-20)21-8-4-3-5-9-21/h3-19,25-26H,1-2H3,(H,29,33)/t25-,26+/m0/s1. The summed E-state index contributed by atoms with van der Waals surface area (Å²) in [5.74, 6) is 0.847. The van der Waals surface area contributed by atoms with E-state index in [4.69, 9.17) is 17.0 Å². The van der Waals surface area contributed by atoms with E-state index in [9.17, 15) is 0 Å². The number of pyridine rings is 1. The van der Waals surface area contributed by atoms with E-state index >= 15 is 0 Å². The van der Waals surface area contributed by atoms with Crippen LogP contribution >= 0.6 is 12.2 Å². The normalized spacial score (nSPS) is 17.9. The highest BCUT2D eigenvalue weighted by Gasteiger charge is 2.41. The Morgan fingerprint density at radius 2 is 1.67 bits per heavy atom. The van der Waals surface area contributed by atoms with Crippen LogP contribution in [0, 0.1) is 0 Å². The number of para-hydroxylation sites is 1. The van der Waals surface area contributed by atoms with Crippen LogP contribution < -0.4 is 15.0 Å². The maximum atomic E-state index is 5.83. The van der Waals surface area contributed by atoms with Crippen molar-refractivity contribution in [3.63, 3.8) is 0 Å². The fourth-order valence-corrected chi connectivity index (χ4v) is 4.62. The molecule has 0 radical (unpaired) electrons. The van der Waals surface area contributed by atoms with Crippen LogP contribution in [-0.4, -0.2) is 20.8 Å². The first-order valence-electron chi connectivity index (χ1n) is 11.1. The number of nitrogens with one attached hydrogen (secondary N) is 1. The lowest BCUT2D eigenvalue weighted by atomic mass is 9.98. The third kappa shape index (κ3) is 4.34. The number of hydrogen-bond donors (Lipinski definition) is 1. The molecule has 6 heteroatoms. The second kappa shape index (κ2) is 9.08. The average molecular weight is 455 g/mol. The SMILES string of the molecule is CC(C)Oc1ccc(N2C(=S)N[C@@H](c3ccccn3)[C@H]2c2ccn(-c3ccccc3)c2)cc1. The zero-order valence-corrected chi connectivity index (χ0v) is 19.4. The van der Waals surface area contributed by atoms with Crippen LogP contribution in [0.1, 0.15) is 37.2 Å². The van der Waals surface area contributed by atoms with Crippen molar-refractivity contribution in [1.29, 1.82) is 0 Å². The zero-order chi connectivity index (χ0) is 22.8.